The number of carbonyl (C=O) groups is 2. The monoisotopic (exact) mass is 343 g/mol. The summed E-state index contributed by atoms with van der Waals surface area (Å²) in [5, 5.41) is 2.83. The van der Waals surface area contributed by atoms with Gasteiger partial charge in [0.2, 0.25) is 0 Å². The molecule has 132 valence electrons. The van der Waals surface area contributed by atoms with Gasteiger partial charge < -0.3 is 19.5 Å². The van der Waals surface area contributed by atoms with Crippen molar-refractivity contribution >= 4 is 17.6 Å². The van der Waals surface area contributed by atoms with E-state index >= 15 is 0 Å². The number of para-hydroxylation sites is 1. The highest BCUT2D eigenvalue weighted by molar-refractivity contribution is 5.93. The first-order chi connectivity index (χ1) is 12.1. The Balaban J connectivity index is 2.03. The number of hydrogen-bond acceptors (Lipinski definition) is 5. The van der Waals surface area contributed by atoms with E-state index in [2.05, 4.69) is 10.1 Å². The quantitative estimate of drug-likeness (QED) is 0.782. The number of ether oxygens (including phenoxy) is 3. The smallest absolute Gasteiger partial charge is 0.337 e. The van der Waals surface area contributed by atoms with Crippen molar-refractivity contribution in [1.82, 2.24) is 0 Å². The number of methoxy groups -OCH3 is 2. The fraction of sp³-hybridized carbons (Fsp3) is 0.263. The summed E-state index contributed by atoms with van der Waals surface area (Å²) in [4.78, 5) is 23.7. The summed E-state index contributed by atoms with van der Waals surface area (Å²) in [6, 6.07) is 12.2. The molecule has 0 saturated heterocycles. The van der Waals surface area contributed by atoms with Crippen molar-refractivity contribution in [3.05, 3.63) is 53.6 Å². The molecule has 25 heavy (non-hydrogen) atoms. The van der Waals surface area contributed by atoms with Gasteiger partial charge in [0.15, 0.2) is 18.1 Å². The van der Waals surface area contributed by atoms with Crippen LogP contribution in [-0.2, 0) is 16.0 Å². The fourth-order valence-electron chi connectivity index (χ4n) is 2.31. The number of rotatable bonds is 7. The minimum Gasteiger partial charge on any atom is -0.493 e. The van der Waals surface area contributed by atoms with Crippen LogP contribution in [0.15, 0.2) is 42.5 Å². The maximum absolute atomic E-state index is 12.1. The Morgan fingerprint density at radius 3 is 2.48 bits per heavy atom. The van der Waals surface area contributed by atoms with Crippen LogP contribution in [0.2, 0.25) is 0 Å². The lowest BCUT2D eigenvalue weighted by Crippen LogP contribution is -2.21. The van der Waals surface area contributed by atoms with Gasteiger partial charge in [-0.2, -0.15) is 0 Å². The van der Waals surface area contributed by atoms with E-state index in [9.17, 15) is 9.59 Å². The molecular weight excluding hydrogens is 322 g/mol. The second kappa shape index (κ2) is 8.73. The van der Waals surface area contributed by atoms with Crippen LogP contribution in [0.4, 0.5) is 5.69 Å². The first kappa shape index (κ1) is 18.3. The van der Waals surface area contributed by atoms with Crippen molar-refractivity contribution < 1.29 is 23.8 Å². The van der Waals surface area contributed by atoms with E-state index in [-0.39, 0.29) is 12.5 Å². The zero-order valence-corrected chi connectivity index (χ0v) is 14.5. The van der Waals surface area contributed by atoms with E-state index in [1.807, 2.05) is 31.2 Å². The van der Waals surface area contributed by atoms with E-state index < -0.39 is 5.97 Å². The molecule has 0 aliphatic carbocycles. The predicted octanol–water partition coefficient (Wildman–Crippen LogP) is 3.06. The van der Waals surface area contributed by atoms with Crippen LogP contribution in [0, 0.1) is 0 Å². The average molecular weight is 343 g/mol. The molecule has 0 atom stereocenters. The third-order valence-electron chi connectivity index (χ3n) is 3.62. The van der Waals surface area contributed by atoms with Crippen molar-refractivity contribution in [3.8, 4) is 11.5 Å². The van der Waals surface area contributed by atoms with Crippen LogP contribution in [0.25, 0.3) is 0 Å². The minimum absolute atomic E-state index is 0.175. The number of anilines is 1. The maximum atomic E-state index is 12.1. The first-order valence-electron chi connectivity index (χ1n) is 7.86. The molecule has 2 rings (SSSR count). The average Bonchev–Trinajstić information content (AvgIpc) is 2.65. The van der Waals surface area contributed by atoms with Gasteiger partial charge in [-0.05, 0) is 36.2 Å². The van der Waals surface area contributed by atoms with Crippen LogP contribution >= 0.6 is 0 Å². The van der Waals surface area contributed by atoms with Crippen LogP contribution < -0.4 is 14.8 Å². The van der Waals surface area contributed by atoms with E-state index in [0.29, 0.717) is 17.1 Å². The second-order valence-electron chi connectivity index (χ2n) is 5.20. The number of hydrogen-bond donors (Lipinski definition) is 1. The largest absolute Gasteiger partial charge is 0.493 e. The number of aryl methyl sites for hydroxylation is 1. The molecule has 6 nitrogen and oxygen atoms in total. The first-order valence-corrected chi connectivity index (χ1v) is 7.86. The summed E-state index contributed by atoms with van der Waals surface area (Å²) in [6.45, 7) is 1.85. The number of esters is 1. The van der Waals surface area contributed by atoms with Gasteiger partial charge in [0, 0.05) is 5.69 Å². The van der Waals surface area contributed by atoms with Crippen molar-refractivity contribution in [3.63, 3.8) is 0 Å². The second-order valence-corrected chi connectivity index (χ2v) is 5.20. The van der Waals surface area contributed by atoms with Crippen LogP contribution in [0.1, 0.15) is 22.8 Å². The molecule has 2 aromatic rings. The predicted molar refractivity (Wildman–Crippen MR) is 94.3 cm³/mol. The molecular formula is C19H21NO5. The van der Waals surface area contributed by atoms with E-state index in [4.69, 9.17) is 9.47 Å². The fourth-order valence-corrected chi connectivity index (χ4v) is 2.31. The van der Waals surface area contributed by atoms with Crippen LogP contribution in [0.5, 0.6) is 11.5 Å². The molecule has 0 aromatic heterocycles. The van der Waals surface area contributed by atoms with Gasteiger partial charge >= 0.3 is 5.97 Å². The van der Waals surface area contributed by atoms with E-state index in [1.165, 1.54) is 20.3 Å². The Hall–Kier alpha value is -3.02. The van der Waals surface area contributed by atoms with Crippen molar-refractivity contribution in [1.29, 1.82) is 0 Å². The number of benzene rings is 2. The van der Waals surface area contributed by atoms with Crippen molar-refractivity contribution in [2.24, 2.45) is 0 Å². The van der Waals surface area contributed by atoms with Gasteiger partial charge in [-0.25, -0.2) is 4.79 Å². The summed E-state index contributed by atoms with van der Waals surface area (Å²) in [5.74, 6) is -0.0301. The van der Waals surface area contributed by atoms with Crippen LogP contribution in [-0.4, -0.2) is 32.7 Å². The maximum Gasteiger partial charge on any atom is 0.337 e. The Labute approximate surface area is 146 Å². The van der Waals surface area contributed by atoms with Gasteiger partial charge in [0.05, 0.1) is 19.8 Å². The van der Waals surface area contributed by atoms with Gasteiger partial charge in [0.25, 0.3) is 5.91 Å². The van der Waals surface area contributed by atoms with E-state index in [1.54, 1.807) is 12.1 Å². The minimum atomic E-state index is -0.473. The topological polar surface area (TPSA) is 73.9 Å². The summed E-state index contributed by atoms with van der Waals surface area (Å²) < 4.78 is 15.4. The summed E-state index contributed by atoms with van der Waals surface area (Å²) in [6.07, 6.45) is 0.820. The van der Waals surface area contributed by atoms with Crippen molar-refractivity contribution in [2.75, 3.05) is 26.1 Å². The zero-order chi connectivity index (χ0) is 18.2. The third kappa shape index (κ3) is 4.73. The highest BCUT2D eigenvalue weighted by Crippen LogP contribution is 2.28. The molecule has 2 aromatic carbocycles. The highest BCUT2D eigenvalue weighted by Gasteiger charge is 2.13. The molecule has 0 fully saturated rings. The lowest BCUT2D eigenvalue weighted by atomic mass is 10.1. The van der Waals surface area contributed by atoms with Crippen LogP contribution in [0.3, 0.4) is 0 Å². The third-order valence-corrected chi connectivity index (χ3v) is 3.62. The molecule has 1 N–H and O–H groups in total. The number of carbonyl (C=O) groups excluding carboxylic acids is 2. The highest BCUT2D eigenvalue weighted by atomic mass is 16.5. The SMILES string of the molecule is CCc1ccccc1NC(=O)COc1ccc(C(=O)OC)cc1OC. The van der Waals surface area contributed by atoms with Gasteiger partial charge in [0.1, 0.15) is 0 Å². The van der Waals surface area contributed by atoms with E-state index in [0.717, 1.165) is 17.7 Å². The normalized spacial score (nSPS) is 10.0. The standard InChI is InChI=1S/C19H21NO5/c1-4-13-7-5-6-8-15(13)20-18(21)12-25-16-10-9-14(19(22)24-3)11-17(16)23-2/h5-11H,4,12H2,1-3H3,(H,20,21). The Kier molecular flexibility index (Phi) is 6.39. The van der Waals surface area contributed by atoms with Gasteiger partial charge in [-0.3, -0.25) is 4.79 Å². The molecule has 0 spiro atoms. The summed E-state index contributed by atoms with van der Waals surface area (Å²) in [7, 11) is 2.76. The lowest BCUT2D eigenvalue weighted by Gasteiger charge is -2.13. The van der Waals surface area contributed by atoms with Crippen molar-refractivity contribution in [2.45, 2.75) is 13.3 Å². The Bertz CT molecular complexity index is 757. The lowest BCUT2D eigenvalue weighted by molar-refractivity contribution is -0.118. The molecule has 0 bridgehead atoms. The molecule has 0 saturated carbocycles. The molecule has 0 unspecified atom stereocenters. The molecule has 0 radical (unpaired) electrons. The molecule has 0 heterocycles. The van der Waals surface area contributed by atoms with Gasteiger partial charge in [-0.15, -0.1) is 0 Å². The molecule has 0 aliphatic rings. The zero-order valence-electron chi connectivity index (χ0n) is 14.5. The Morgan fingerprint density at radius 1 is 1.04 bits per heavy atom. The summed E-state index contributed by atoms with van der Waals surface area (Å²) >= 11 is 0. The molecule has 1 amide bonds. The van der Waals surface area contributed by atoms with Gasteiger partial charge in [-0.1, -0.05) is 25.1 Å². The molecule has 0 aliphatic heterocycles. The summed E-state index contributed by atoms with van der Waals surface area (Å²) in [5.41, 5.74) is 2.16. The number of amides is 1. The number of nitrogens with one attached hydrogen (secondary N) is 1. The Morgan fingerprint density at radius 2 is 1.80 bits per heavy atom. The molecule has 6 heteroatoms.